The number of benzene rings is 1. The lowest BCUT2D eigenvalue weighted by Gasteiger charge is -2.32. The molecule has 27 heavy (non-hydrogen) atoms. The average molecular weight is 375 g/mol. The van der Waals surface area contributed by atoms with Gasteiger partial charge in [-0.15, -0.1) is 0 Å². The lowest BCUT2D eigenvalue weighted by atomic mass is 9.97. The number of carbonyl (C=O) groups is 3. The molecule has 2 rings (SSSR count). The van der Waals surface area contributed by atoms with Crippen LogP contribution in [-0.2, 0) is 9.59 Å². The second-order valence-corrected chi connectivity index (χ2v) is 6.58. The number of para-hydroxylation sites is 1. The van der Waals surface area contributed by atoms with Gasteiger partial charge in [-0.1, -0.05) is 19.1 Å². The summed E-state index contributed by atoms with van der Waals surface area (Å²) in [6.45, 7) is 5.88. The number of ether oxygens (including phenoxy) is 1. The zero-order chi connectivity index (χ0) is 19.6. The maximum atomic E-state index is 12.5. The van der Waals surface area contributed by atoms with Gasteiger partial charge >= 0.3 is 0 Å². The molecule has 1 heterocycles. The van der Waals surface area contributed by atoms with E-state index in [9.17, 15) is 14.4 Å². The summed E-state index contributed by atoms with van der Waals surface area (Å²) in [6.07, 6.45) is 2.46. The first kappa shape index (κ1) is 20.7. The Hall–Kier alpha value is -2.57. The quantitative estimate of drug-likeness (QED) is 0.722. The van der Waals surface area contributed by atoms with E-state index in [1.165, 1.54) is 0 Å². The van der Waals surface area contributed by atoms with Crippen molar-refractivity contribution >= 4 is 17.7 Å². The number of nitrogens with one attached hydrogen (secondary N) is 2. The molecule has 1 fully saturated rings. The Bertz CT molecular complexity index is 662. The molecule has 1 saturated heterocycles. The Kier molecular flexibility index (Phi) is 8.10. The maximum Gasteiger partial charge on any atom is 0.255 e. The molecule has 7 nitrogen and oxygen atoms in total. The van der Waals surface area contributed by atoms with E-state index in [-0.39, 0.29) is 30.2 Å². The van der Waals surface area contributed by atoms with Crippen molar-refractivity contribution in [2.45, 2.75) is 33.1 Å². The van der Waals surface area contributed by atoms with Crippen LogP contribution in [0.5, 0.6) is 5.75 Å². The Labute approximate surface area is 160 Å². The highest BCUT2D eigenvalue weighted by molar-refractivity contribution is 5.98. The summed E-state index contributed by atoms with van der Waals surface area (Å²) in [6, 6.07) is 6.94. The number of likely N-dealkylation sites (tertiary alicyclic amines) is 1. The maximum absolute atomic E-state index is 12.5. The molecule has 0 saturated carbocycles. The first-order chi connectivity index (χ1) is 13.1. The number of piperidine rings is 1. The van der Waals surface area contributed by atoms with E-state index in [1.54, 1.807) is 29.2 Å². The second-order valence-electron chi connectivity index (χ2n) is 6.58. The number of rotatable bonds is 8. The summed E-state index contributed by atoms with van der Waals surface area (Å²) in [5.74, 6) is -0.199. The molecular formula is C20H29N3O4. The van der Waals surface area contributed by atoms with Gasteiger partial charge in [0.25, 0.3) is 5.91 Å². The minimum atomic E-state index is -0.346. The number of hydrogen-bond acceptors (Lipinski definition) is 4. The van der Waals surface area contributed by atoms with Gasteiger partial charge in [-0.3, -0.25) is 14.4 Å². The summed E-state index contributed by atoms with van der Waals surface area (Å²) < 4.78 is 5.45. The molecule has 1 aromatic carbocycles. The molecule has 0 aliphatic carbocycles. The van der Waals surface area contributed by atoms with Crippen molar-refractivity contribution in [2.24, 2.45) is 5.92 Å². The van der Waals surface area contributed by atoms with Gasteiger partial charge < -0.3 is 20.3 Å². The van der Waals surface area contributed by atoms with E-state index in [1.807, 2.05) is 13.8 Å². The molecule has 0 spiro atoms. The largest absolute Gasteiger partial charge is 0.493 e. The molecule has 1 aromatic rings. The van der Waals surface area contributed by atoms with Gasteiger partial charge in [-0.2, -0.15) is 0 Å². The zero-order valence-corrected chi connectivity index (χ0v) is 16.1. The molecule has 0 aromatic heterocycles. The Morgan fingerprint density at radius 3 is 2.70 bits per heavy atom. The molecular weight excluding hydrogens is 346 g/mol. The Morgan fingerprint density at radius 2 is 1.96 bits per heavy atom. The van der Waals surface area contributed by atoms with E-state index >= 15 is 0 Å². The summed E-state index contributed by atoms with van der Waals surface area (Å²) in [4.78, 5) is 38.7. The molecule has 1 aliphatic rings. The van der Waals surface area contributed by atoms with Crippen LogP contribution in [0.3, 0.4) is 0 Å². The minimum absolute atomic E-state index is 0.00373. The van der Waals surface area contributed by atoms with Crippen LogP contribution < -0.4 is 15.4 Å². The highest BCUT2D eigenvalue weighted by Gasteiger charge is 2.28. The van der Waals surface area contributed by atoms with E-state index in [0.29, 0.717) is 37.6 Å². The first-order valence-corrected chi connectivity index (χ1v) is 9.62. The zero-order valence-electron chi connectivity index (χ0n) is 16.1. The van der Waals surface area contributed by atoms with Gasteiger partial charge in [0.2, 0.25) is 11.8 Å². The van der Waals surface area contributed by atoms with Gasteiger partial charge in [-0.25, -0.2) is 0 Å². The second kappa shape index (κ2) is 10.5. The molecule has 0 bridgehead atoms. The molecule has 148 valence electrons. The third-order valence-corrected chi connectivity index (χ3v) is 4.53. The lowest BCUT2D eigenvalue weighted by Crippen LogP contribution is -2.48. The van der Waals surface area contributed by atoms with Crippen LogP contribution in [0.4, 0.5) is 0 Å². The van der Waals surface area contributed by atoms with E-state index < -0.39 is 0 Å². The fourth-order valence-corrected chi connectivity index (χ4v) is 3.11. The number of amides is 3. The SMILES string of the molecule is CCCNC(=O)C1CCCN(C(=O)CNC(=O)c2ccccc2OCC)C1. The summed E-state index contributed by atoms with van der Waals surface area (Å²) in [5.41, 5.74) is 0.405. The summed E-state index contributed by atoms with van der Waals surface area (Å²) in [7, 11) is 0. The van der Waals surface area contributed by atoms with Gasteiger partial charge in [-0.05, 0) is 38.3 Å². The highest BCUT2D eigenvalue weighted by Crippen LogP contribution is 2.18. The van der Waals surface area contributed by atoms with E-state index in [0.717, 1.165) is 19.3 Å². The van der Waals surface area contributed by atoms with Crippen LogP contribution in [0, 0.1) is 5.92 Å². The predicted octanol–water partition coefficient (Wildman–Crippen LogP) is 1.58. The van der Waals surface area contributed by atoms with Crippen LogP contribution in [-0.4, -0.2) is 55.4 Å². The van der Waals surface area contributed by atoms with Crippen molar-refractivity contribution in [3.8, 4) is 5.75 Å². The van der Waals surface area contributed by atoms with Crippen molar-refractivity contribution in [1.29, 1.82) is 0 Å². The molecule has 1 aliphatic heterocycles. The number of nitrogens with zero attached hydrogens (tertiary/aromatic N) is 1. The molecule has 1 atom stereocenters. The van der Waals surface area contributed by atoms with E-state index in [4.69, 9.17) is 4.74 Å². The Morgan fingerprint density at radius 1 is 1.19 bits per heavy atom. The summed E-state index contributed by atoms with van der Waals surface area (Å²) >= 11 is 0. The predicted molar refractivity (Wildman–Crippen MR) is 103 cm³/mol. The van der Waals surface area contributed by atoms with Gasteiger partial charge in [0.15, 0.2) is 0 Å². The van der Waals surface area contributed by atoms with Gasteiger partial charge in [0.05, 0.1) is 24.6 Å². The molecule has 7 heteroatoms. The molecule has 0 radical (unpaired) electrons. The van der Waals surface area contributed by atoms with Crippen LogP contribution >= 0.6 is 0 Å². The lowest BCUT2D eigenvalue weighted by molar-refractivity contribution is -0.134. The minimum Gasteiger partial charge on any atom is -0.493 e. The van der Waals surface area contributed by atoms with E-state index in [2.05, 4.69) is 10.6 Å². The smallest absolute Gasteiger partial charge is 0.255 e. The van der Waals surface area contributed by atoms with Gasteiger partial charge in [0.1, 0.15) is 5.75 Å². The first-order valence-electron chi connectivity index (χ1n) is 9.62. The molecule has 1 unspecified atom stereocenters. The van der Waals surface area contributed by atoms with Crippen molar-refractivity contribution in [1.82, 2.24) is 15.5 Å². The van der Waals surface area contributed by atoms with Crippen LogP contribution in [0.2, 0.25) is 0 Å². The van der Waals surface area contributed by atoms with Crippen molar-refractivity contribution < 1.29 is 19.1 Å². The van der Waals surface area contributed by atoms with Crippen molar-refractivity contribution in [3.05, 3.63) is 29.8 Å². The Balaban J connectivity index is 1.88. The number of hydrogen-bond donors (Lipinski definition) is 2. The third-order valence-electron chi connectivity index (χ3n) is 4.53. The summed E-state index contributed by atoms with van der Waals surface area (Å²) in [5, 5.41) is 5.55. The molecule has 2 N–H and O–H groups in total. The monoisotopic (exact) mass is 375 g/mol. The fraction of sp³-hybridized carbons (Fsp3) is 0.550. The van der Waals surface area contributed by atoms with Crippen LogP contribution in [0.1, 0.15) is 43.5 Å². The fourth-order valence-electron chi connectivity index (χ4n) is 3.11. The topological polar surface area (TPSA) is 87.7 Å². The molecule has 3 amide bonds. The standard InChI is InChI=1S/C20H29N3O4/c1-3-11-21-19(25)15-8-7-12-23(14-15)18(24)13-22-20(26)16-9-5-6-10-17(16)27-4-2/h5-6,9-10,15H,3-4,7-8,11-14H2,1-2H3,(H,21,25)(H,22,26). The normalized spacial score (nSPS) is 16.5. The average Bonchev–Trinajstić information content (AvgIpc) is 2.70. The van der Waals surface area contributed by atoms with Crippen LogP contribution in [0.15, 0.2) is 24.3 Å². The van der Waals surface area contributed by atoms with Crippen LogP contribution in [0.25, 0.3) is 0 Å². The van der Waals surface area contributed by atoms with Gasteiger partial charge in [0, 0.05) is 19.6 Å². The highest BCUT2D eigenvalue weighted by atomic mass is 16.5. The van der Waals surface area contributed by atoms with Crippen molar-refractivity contribution in [2.75, 3.05) is 32.8 Å². The van der Waals surface area contributed by atoms with Crippen molar-refractivity contribution in [3.63, 3.8) is 0 Å². The number of carbonyl (C=O) groups excluding carboxylic acids is 3. The third kappa shape index (κ3) is 5.98.